The molecule has 0 saturated carbocycles. The van der Waals surface area contributed by atoms with Gasteiger partial charge < -0.3 is 5.11 Å². The molecule has 0 unspecified atom stereocenters. The lowest BCUT2D eigenvalue weighted by molar-refractivity contribution is -0.141. The van der Waals surface area contributed by atoms with E-state index in [0.717, 1.165) is 38.0 Å². The monoisotopic (exact) mass is 345 g/mol. The average Bonchev–Trinajstić information content (AvgIpc) is 3.25. The van der Waals surface area contributed by atoms with Crippen LogP contribution in [0.5, 0.6) is 0 Å². The van der Waals surface area contributed by atoms with Crippen LogP contribution in [0.4, 0.5) is 0 Å². The molecule has 1 aromatic heterocycles. The molecule has 1 N–H and O–H groups in total. The summed E-state index contributed by atoms with van der Waals surface area (Å²) in [6.45, 7) is 3.11. The maximum atomic E-state index is 11.7. The van der Waals surface area contributed by atoms with Gasteiger partial charge in [0.15, 0.2) is 0 Å². The first-order valence-electron chi connectivity index (χ1n) is 8.36. The minimum atomic E-state index is -0.724. The molecule has 0 spiro atoms. The van der Waals surface area contributed by atoms with E-state index < -0.39 is 5.97 Å². The predicted molar refractivity (Wildman–Crippen MR) is 91.1 cm³/mol. The number of hydrogen-bond acceptors (Lipinski definition) is 3. The zero-order chi connectivity index (χ0) is 16.7. The number of aliphatic carboxylic acids is 1. The molecule has 0 aliphatic carbocycles. The SMILES string of the molecule is O=C(O)[C@@H]1CN(Cc2cnn3c2CCC3)C[C@H]1c1ccc(Cl)cc1. The van der Waals surface area contributed by atoms with Crippen LogP contribution in [-0.4, -0.2) is 38.8 Å². The fourth-order valence-electron chi connectivity index (χ4n) is 4.01. The maximum Gasteiger partial charge on any atom is 0.308 e. The first-order chi connectivity index (χ1) is 11.6. The Labute approximate surface area is 145 Å². The molecule has 4 rings (SSSR count). The van der Waals surface area contributed by atoms with Gasteiger partial charge in [0.25, 0.3) is 0 Å². The van der Waals surface area contributed by atoms with Crippen LogP contribution in [0.25, 0.3) is 0 Å². The van der Waals surface area contributed by atoms with Gasteiger partial charge in [-0.1, -0.05) is 23.7 Å². The number of likely N-dealkylation sites (tertiary alicyclic amines) is 1. The van der Waals surface area contributed by atoms with Gasteiger partial charge in [0.1, 0.15) is 0 Å². The van der Waals surface area contributed by atoms with E-state index in [-0.39, 0.29) is 11.8 Å². The number of rotatable bonds is 4. The van der Waals surface area contributed by atoms with E-state index in [1.54, 1.807) is 0 Å². The number of carboxylic acids is 1. The molecule has 24 heavy (non-hydrogen) atoms. The number of carboxylic acid groups (broad SMARTS) is 1. The van der Waals surface area contributed by atoms with Gasteiger partial charge in [0, 0.05) is 48.4 Å². The van der Waals surface area contributed by atoms with Gasteiger partial charge in [0.2, 0.25) is 0 Å². The lowest BCUT2D eigenvalue weighted by atomic mass is 9.89. The van der Waals surface area contributed by atoms with Crippen molar-refractivity contribution in [3.05, 3.63) is 52.3 Å². The minimum absolute atomic E-state index is 0.00314. The highest BCUT2D eigenvalue weighted by atomic mass is 35.5. The summed E-state index contributed by atoms with van der Waals surface area (Å²) in [6, 6.07) is 7.57. The van der Waals surface area contributed by atoms with E-state index in [1.165, 1.54) is 11.3 Å². The Balaban J connectivity index is 1.53. The third-order valence-corrected chi connectivity index (χ3v) is 5.48. The first kappa shape index (κ1) is 15.7. The molecule has 1 saturated heterocycles. The van der Waals surface area contributed by atoms with E-state index in [1.807, 2.05) is 30.5 Å². The molecule has 2 atom stereocenters. The molecule has 1 aromatic carbocycles. The third-order valence-electron chi connectivity index (χ3n) is 5.22. The van der Waals surface area contributed by atoms with Crippen LogP contribution in [0.1, 0.15) is 29.2 Å². The lowest BCUT2D eigenvalue weighted by Crippen LogP contribution is -2.23. The van der Waals surface area contributed by atoms with Crippen LogP contribution >= 0.6 is 11.6 Å². The predicted octanol–water partition coefficient (Wildman–Crippen LogP) is 2.78. The smallest absolute Gasteiger partial charge is 0.308 e. The molecule has 2 aliphatic heterocycles. The van der Waals surface area contributed by atoms with Crippen molar-refractivity contribution in [1.82, 2.24) is 14.7 Å². The van der Waals surface area contributed by atoms with Crippen LogP contribution in [0, 0.1) is 5.92 Å². The lowest BCUT2D eigenvalue weighted by Gasteiger charge is -2.16. The normalized spacial score (nSPS) is 23.5. The standard InChI is InChI=1S/C18H20ClN3O2/c19-14-5-3-12(4-6-14)15-10-21(11-16(15)18(23)24)9-13-8-20-22-7-1-2-17(13)22/h3-6,8,15-16H,1-2,7,9-11H2,(H,23,24)/t15-,16+/m0/s1. The van der Waals surface area contributed by atoms with Gasteiger partial charge in [-0.05, 0) is 30.5 Å². The highest BCUT2D eigenvalue weighted by Gasteiger charge is 2.38. The van der Waals surface area contributed by atoms with Gasteiger partial charge in [-0.15, -0.1) is 0 Å². The number of halogens is 1. The molecule has 0 amide bonds. The summed E-state index contributed by atoms with van der Waals surface area (Å²) in [4.78, 5) is 14.0. The summed E-state index contributed by atoms with van der Waals surface area (Å²) in [6.07, 6.45) is 4.17. The minimum Gasteiger partial charge on any atom is -0.481 e. The van der Waals surface area contributed by atoms with Gasteiger partial charge in [-0.2, -0.15) is 5.10 Å². The summed E-state index contributed by atoms with van der Waals surface area (Å²) in [7, 11) is 0. The van der Waals surface area contributed by atoms with Crippen LogP contribution in [-0.2, 0) is 24.3 Å². The van der Waals surface area contributed by atoms with Crippen LogP contribution in [0.15, 0.2) is 30.5 Å². The van der Waals surface area contributed by atoms with Crippen molar-refractivity contribution < 1.29 is 9.90 Å². The molecule has 6 heteroatoms. The average molecular weight is 346 g/mol. The third kappa shape index (κ3) is 2.82. The maximum absolute atomic E-state index is 11.7. The number of aromatic nitrogens is 2. The molecule has 5 nitrogen and oxygen atoms in total. The van der Waals surface area contributed by atoms with Crippen LogP contribution in [0.2, 0.25) is 5.02 Å². The molecule has 2 aromatic rings. The Hall–Kier alpha value is -1.85. The Kier molecular flexibility index (Phi) is 4.06. The topological polar surface area (TPSA) is 58.4 Å². The van der Waals surface area contributed by atoms with Crippen molar-refractivity contribution in [3.63, 3.8) is 0 Å². The summed E-state index contributed by atoms with van der Waals surface area (Å²) in [5.41, 5.74) is 3.61. The molecular formula is C18H20ClN3O2. The summed E-state index contributed by atoms with van der Waals surface area (Å²) < 4.78 is 2.08. The van der Waals surface area contributed by atoms with Gasteiger partial charge in [-0.3, -0.25) is 14.4 Å². The van der Waals surface area contributed by atoms with Crippen LogP contribution < -0.4 is 0 Å². The Morgan fingerprint density at radius 3 is 2.83 bits per heavy atom. The first-order valence-corrected chi connectivity index (χ1v) is 8.74. The summed E-state index contributed by atoms with van der Waals surface area (Å²) in [5, 5.41) is 14.7. The number of carbonyl (C=O) groups is 1. The Morgan fingerprint density at radius 1 is 1.29 bits per heavy atom. The fraction of sp³-hybridized carbons (Fsp3) is 0.444. The molecule has 126 valence electrons. The van der Waals surface area contributed by atoms with E-state index in [0.29, 0.717) is 11.6 Å². The largest absolute Gasteiger partial charge is 0.481 e. The molecule has 0 bridgehead atoms. The van der Waals surface area contributed by atoms with E-state index in [2.05, 4.69) is 14.7 Å². The second-order valence-corrected chi connectivity index (χ2v) is 7.18. The number of hydrogen-bond donors (Lipinski definition) is 1. The molecule has 2 aliphatic rings. The molecule has 1 fully saturated rings. The van der Waals surface area contributed by atoms with Gasteiger partial charge in [-0.25, -0.2) is 0 Å². The summed E-state index contributed by atoms with van der Waals surface area (Å²) in [5.74, 6) is -1.10. The van der Waals surface area contributed by atoms with Crippen LogP contribution in [0.3, 0.4) is 0 Å². The van der Waals surface area contributed by atoms with Crippen molar-refractivity contribution >= 4 is 17.6 Å². The van der Waals surface area contributed by atoms with Crippen molar-refractivity contribution in [2.45, 2.75) is 31.8 Å². The number of nitrogens with zero attached hydrogens (tertiary/aromatic N) is 3. The highest BCUT2D eigenvalue weighted by molar-refractivity contribution is 6.30. The van der Waals surface area contributed by atoms with Crippen molar-refractivity contribution in [3.8, 4) is 0 Å². The Morgan fingerprint density at radius 2 is 2.08 bits per heavy atom. The number of benzene rings is 1. The second kappa shape index (κ2) is 6.22. The zero-order valence-electron chi connectivity index (χ0n) is 13.4. The van der Waals surface area contributed by atoms with Gasteiger partial charge >= 0.3 is 5.97 Å². The fourth-order valence-corrected chi connectivity index (χ4v) is 4.14. The summed E-state index contributed by atoms with van der Waals surface area (Å²) >= 11 is 5.96. The van der Waals surface area contributed by atoms with E-state index in [9.17, 15) is 9.90 Å². The number of fused-ring (bicyclic) bond motifs is 1. The van der Waals surface area contributed by atoms with E-state index in [4.69, 9.17) is 11.6 Å². The van der Waals surface area contributed by atoms with Gasteiger partial charge in [0.05, 0.1) is 12.1 Å². The Bertz CT molecular complexity index is 756. The van der Waals surface area contributed by atoms with Crippen molar-refractivity contribution in [1.29, 1.82) is 0 Å². The molecule has 3 heterocycles. The van der Waals surface area contributed by atoms with Crippen molar-refractivity contribution in [2.75, 3.05) is 13.1 Å². The zero-order valence-corrected chi connectivity index (χ0v) is 14.1. The molecule has 0 radical (unpaired) electrons. The quantitative estimate of drug-likeness (QED) is 0.925. The van der Waals surface area contributed by atoms with E-state index >= 15 is 0 Å². The highest BCUT2D eigenvalue weighted by Crippen LogP contribution is 2.34. The second-order valence-electron chi connectivity index (χ2n) is 6.74. The molecular weight excluding hydrogens is 326 g/mol. The van der Waals surface area contributed by atoms with Crippen molar-refractivity contribution in [2.24, 2.45) is 5.92 Å². The number of aryl methyl sites for hydroxylation is 1.